The van der Waals surface area contributed by atoms with Gasteiger partial charge in [-0.25, -0.2) is 0 Å². The molecule has 3 rings (SSSR count). The molecule has 2 aromatic carbocycles. The highest BCUT2D eigenvalue weighted by molar-refractivity contribution is 5.51. The highest BCUT2D eigenvalue weighted by Gasteiger charge is 2.09. The van der Waals surface area contributed by atoms with E-state index in [4.69, 9.17) is 9.26 Å². The van der Waals surface area contributed by atoms with Gasteiger partial charge in [0.05, 0.1) is 0 Å². The molecule has 0 N–H and O–H groups in total. The number of hydrogen-bond donors (Lipinski definition) is 0. The zero-order valence-corrected chi connectivity index (χ0v) is 12.7. The first-order valence-corrected chi connectivity index (χ1v) is 7.33. The Morgan fingerprint density at radius 2 is 1.73 bits per heavy atom. The van der Waals surface area contributed by atoms with Crippen LogP contribution >= 0.6 is 0 Å². The summed E-state index contributed by atoms with van der Waals surface area (Å²) >= 11 is 0. The van der Waals surface area contributed by atoms with E-state index in [0.29, 0.717) is 17.6 Å². The molecule has 3 aromatic rings. The molecule has 22 heavy (non-hydrogen) atoms. The molecule has 1 aromatic heterocycles. The van der Waals surface area contributed by atoms with Crippen molar-refractivity contribution in [3.05, 3.63) is 66.0 Å². The number of benzene rings is 2. The summed E-state index contributed by atoms with van der Waals surface area (Å²) in [5.74, 6) is 2.36. The van der Waals surface area contributed by atoms with Crippen molar-refractivity contribution in [3.8, 4) is 17.2 Å². The molecule has 0 aliphatic rings. The van der Waals surface area contributed by atoms with Gasteiger partial charge in [-0.05, 0) is 35.7 Å². The number of ether oxygens (including phenoxy) is 1. The van der Waals surface area contributed by atoms with Crippen LogP contribution in [0.4, 0.5) is 0 Å². The van der Waals surface area contributed by atoms with Crippen molar-refractivity contribution in [1.82, 2.24) is 10.1 Å². The SMILES string of the molecule is CC(C)c1ccc(OCc2noc(-c3ccccc3)n2)cc1. The predicted molar refractivity (Wildman–Crippen MR) is 84.6 cm³/mol. The Hall–Kier alpha value is -2.62. The maximum absolute atomic E-state index is 5.69. The third-order valence-corrected chi connectivity index (χ3v) is 3.40. The lowest BCUT2D eigenvalue weighted by Gasteiger charge is -2.07. The minimum atomic E-state index is 0.289. The first kappa shape index (κ1) is 14.3. The lowest BCUT2D eigenvalue weighted by Crippen LogP contribution is -1.98. The van der Waals surface area contributed by atoms with Gasteiger partial charge in [0.2, 0.25) is 5.82 Å². The molecule has 0 aliphatic carbocycles. The van der Waals surface area contributed by atoms with E-state index in [1.54, 1.807) is 0 Å². The van der Waals surface area contributed by atoms with Gasteiger partial charge in [-0.1, -0.05) is 49.3 Å². The maximum atomic E-state index is 5.69. The molecule has 0 fully saturated rings. The van der Waals surface area contributed by atoms with Crippen molar-refractivity contribution in [2.75, 3.05) is 0 Å². The van der Waals surface area contributed by atoms with Crippen LogP contribution in [0.3, 0.4) is 0 Å². The van der Waals surface area contributed by atoms with E-state index in [-0.39, 0.29) is 6.61 Å². The average Bonchev–Trinajstić information content (AvgIpc) is 3.03. The molecule has 0 atom stereocenters. The van der Waals surface area contributed by atoms with Gasteiger partial charge in [0.15, 0.2) is 6.61 Å². The number of rotatable bonds is 5. The summed E-state index contributed by atoms with van der Waals surface area (Å²) in [6.07, 6.45) is 0. The van der Waals surface area contributed by atoms with Crippen LogP contribution in [-0.2, 0) is 6.61 Å². The molecule has 1 heterocycles. The standard InChI is InChI=1S/C18H18N2O2/c1-13(2)14-8-10-16(11-9-14)21-12-17-19-18(22-20-17)15-6-4-3-5-7-15/h3-11,13H,12H2,1-2H3. The summed E-state index contributed by atoms with van der Waals surface area (Å²) in [7, 11) is 0. The topological polar surface area (TPSA) is 48.2 Å². The molecular formula is C18H18N2O2. The molecule has 0 saturated carbocycles. The Bertz CT molecular complexity index is 718. The predicted octanol–water partition coefficient (Wildman–Crippen LogP) is 4.44. The molecule has 0 spiro atoms. The fraction of sp³-hybridized carbons (Fsp3) is 0.222. The number of aromatic nitrogens is 2. The quantitative estimate of drug-likeness (QED) is 0.698. The summed E-state index contributed by atoms with van der Waals surface area (Å²) in [6.45, 7) is 4.62. The van der Waals surface area contributed by atoms with Gasteiger partial charge in [-0.2, -0.15) is 4.98 Å². The monoisotopic (exact) mass is 294 g/mol. The second-order valence-corrected chi connectivity index (χ2v) is 5.39. The van der Waals surface area contributed by atoms with Crippen LogP contribution in [0, 0.1) is 0 Å². The maximum Gasteiger partial charge on any atom is 0.258 e. The van der Waals surface area contributed by atoms with Crippen LogP contribution in [0.2, 0.25) is 0 Å². The molecule has 0 radical (unpaired) electrons. The summed E-state index contributed by atoms with van der Waals surface area (Å²) < 4.78 is 10.9. The van der Waals surface area contributed by atoms with E-state index in [9.17, 15) is 0 Å². The molecular weight excluding hydrogens is 276 g/mol. The smallest absolute Gasteiger partial charge is 0.258 e. The zero-order chi connectivity index (χ0) is 15.4. The Morgan fingerprint density at radius 1 is 1.00 bits per heavy atom. The minimum absolute atomic E-state index is 0.289. The molecule has 0 unspecified atom stereocenters. The molecule has 0 bridgehead atoms. The fourth-order valence-corrected chi connectivity index (χ4v) is 2.11. The van der Waals surface area contributed by atoms with Gasteiger partial charge in [0.1, 0.15) is 5.75 Å². The Balaban J connectivity index is 1.63. The molecule has 0 aliphatic heterocycles. The zero-order valence-electron chi connectivity index (χ0n) is 12.7. The van der Waals surface area contributed by atoms with E-state index < -0.39 is 0 Å². The van der Waals surface area contributed by atoms with Crippen molar-refractivity contribution in [2.24, 2.45) is 0 Å². The van der Waals surface area contributed by atoms with Crippen LogP contribution in [0.5, 0.6) is 5.75 Å². The first-order chi connectivity index (χ1) is 10.7. The molecule has 4 heteroatoms. The minimum Gasteiger partial charge on any atom is -0.485 e. The first-order valence-electron chi connectivity index (χ1n) is 7.33. The third-order valence-electron chi connectivity index (χ3n) is 3.40. The van der Waals surface area contributed by atoms with Crippen molar-refractivity contribution < 1.29 is 9.26 Å². The number of nitrogens with zero attached hydrogens (tertiary/aromatic N) is 2. The molecule has 0 saturated heterocycles. The van der Waals surface area contributed by atoms with Gasteiger partial charge in [-0.15, -0.1) is 0 Å². The Kier molecular flexibility index (Phi) is 4.19. The van der Waals surface area contributed by atoms with Crippen molar-refractivity contribution in [3.63, 3.8) is 0 Å². The summed E-state index contributed by atoms with van der Waals surface area (Å²) in [5.41, 5.74) is 2.20. The Labute approximate surface area is 129 Å². The molecule has 112 valence electrons. The summed E-state index contributed by atoms with van der Waals surface area (Å²) in [4.78, 5) is 4.34. The van der Waals surface area contributed by atoms with E-state index in [2.05, 4.69) is 36.1 Å². The normalized spacial score (nSPS) is 10.9. The van der Waals surface area contributed by atoms with E-state index in [1.807, 2.05) is 42.5 Å². The van der Waals surface area contributed by atoms with E-state index in [0.717, 1.165) is 11.3 Å². The molecule has 4 nitrogen and oxygen atoms in total. The van der Waals surface area contributed by atoms with Crippen molar-refractivity contribution in [2.45, 2.75) is 26.4 Å². The fourth-order valence-electron chi connectivity index (χ4n) is 2.11. The van der Waals surface area contributed by atoms with Gasteiger partial charge >= 0.3 is 0 Å². The van der Waals surface area contributed by atoms with Crippen LogP contribution < -0.4 is 4.74 Å². The van der Waals surface area contributed by atoms with Gasteiger partial charge in [0.25, 0.3) is 5.89 Å². The van der Waals surface area contributed by atoms with Crippen molar-refractivity contribution >= 4 is 0 Å². The highest BCUT2D eigenvalue weighted by Crippen LogP contribution is 2.20. The lowest BCUT2D eigenvalue weighted by molar-refractivity contribution is 0.287. The van der Waals surface area contributed by atoms with Gasteiger partial charge in [0, 0.05) is 5.56 Å². The van der Waals surface area contributed by atoms with E-state index in [1.165, 1.54) is 5.56 Å². The van der Waals surface area contributed by atoms with Crippen LogP contribution in [0.1, 0.15) is 31.2 Å². The summed E-state index contributed by atoms with van der Waals surface area (Å²) in [6, 6.07) is 17.8. The Morgan fingerprint density at radius 3 is 2.41 bits per heavy atom. The third kappa shape index (κ3) is 3.34. The second-order valence-electron chi connectivity index (χ2n) is 5.39. The van der Waals surface area contributed by atoms with Crippen LogP contribution in [0.15, 0.2) is 59.1 Å². The second kappa shape index (κ2) is 6.43. The van der Waals surface area contributed by atoms with Gasteiger partial charge in [-0.3, -0.25) is 0 Å². The largest absolute Gasteiger partial charge is 0.485 e. The highest BCUT2D eigenvalue weighted by atomic mass is 16.5. The van der Waals surface area contributed by atoms with Crippen molar-refractivity contribution in [1.29, 1.82) is 0 Å². The average molecular weight is 294 g/mol. The molecule has 0 amide bonds. The lowest BCUT2D eigenvalue weighted by atomic mass is 10.0. The van der Waals surface area contributed by atoms with E-state index >= 15 is 0 Å². The van der Waals surface area contributed by atoms with Gasteiger partial charge < -0.3 is 9.26 Å². The number of hydrogen-bond acceptors (Lipinski definition) is 4. The van der Waals surface area contributed by atoms with Crippen LogP contribution in [-0.4, -0.2) is 10.1 Å². The van der Waals surface area contributed by atoms with Crippen LogP contribution in [0.25, 0.3) is 11.5 Å². The summed E-state index contributed by atoms with van der Waals surface area (Å²) in [5, 5.41) is 3.94.